The molecular formula is C8H18N2O2S. The van der Waals surface area contributed by atoms with Gasteiger partial charge in [-0.25, -0.2) is 0 Å². The third-order valence-corrected chi connectivity index (χ3v) is 2.71. The Balaban J connectivity index is 3.63. The first-order valence-corrected chi connectivity index (χ1v) is 5.99. The molecule has 3 unspecified atom stereocenters. The minimum Gasteiger partial charge on any atom is -0.369 e. The predicted molar refractivity (Wildman–Crippen MR) is 54.8 cm³/mol. The second-order valence-electron chi connectivity index (χ2n) is 3.35. The molecule has 0 aliphatic heterocycles. The summed E-state index contributed by atoms with van der Waals surface area (Å²) in [6.07, 6.45) is 1.66. The van der Waals surface area contributed by atoms with Crippen molar-refractivity contribution in [3.8, 4) is 0 Å². The van der Waals surface area contributed by atoms with Gasteiger partial charge in [-0.3, -0.25) is 9.00 Å². The first kappa shape index (κ1) is 12.6. The van der Waals surface area contributed by atoms with Gasteiger partial charge in [-0.15, -0.1) is 0 Å². The Bertz CT molecular complexity index is 197. The molecule has 0 aromatic rings. The molecule has 0 fully saturated rings. The van der Waals surface area contributed by atoms with Crippen LogP contribution in [0.3, 0.4) is 0 Å². The van der Waals surface area contributed by atoms with Crippen molar-refractivity contribution in [2.24, 2.45) is 11.7 Å². The number of carbonyl (C=O) groups excluding carboxylic acids is 1. The number of nitrogens with one attached hydrogen (secondary N) is 1. The maximum absolute atomic E-state index is 10.8. The lowest BCUT2D eigenvalue weighted by Crippen LogP contribution is -2.38. The molecule has 0 spiro atoms. The van der Waals surface area contributed by atoms with E-state index in [0.717, 1.165) is 0 Å². The average Bonchev–Trinajstić information content (AvgIpc) is 1.98. The van der Waals surface area contributed by atoms with Crippen LogP contribution >= 0.6 is 0 Å². The summed E-state index contributed by atoms with van der Waals surface area (Å²) in [6, 6.07) is 0.160. The monoisotopic (exact) mass is 206 g/mol. The minimum absolute atomic E-state index is 0.160. The highest BCUT2D eigenvalue weighted by atomic mass is 32.2. The third-order valence-electron chi connectivity index (χ3n) is 1.74. The summed E-state index contributed by atoms with van der Waals surface area (Å²) in [5.74, 6) is 0.121. The first-order valence-electron chi connectivity index (χ1n) is 4.26. The van der Waals surface area contributed by atoms with Gasteiger partial charge in [0.1, 0.15) is 0 Å². The fourth-order valence-corrected chi connectivity index (χ4v) is 1.71. The van der Waals surface area contributed by atoms with Crippen molar-refractivity contribution in [3.05, 3.63) is 0 Å². The maximum atomic E-state index is 10.8. The molecule has 0 rings (SSSR count). The molecule has 5 heteroatoms. The number of primary amides is 1. The van der Waals surface area contributed by atoms with Crippen LogP contribution in [0, 0.1) is 5.92 Å². The molecule has 0 bridgehead atoms. The Kier molecular flexibility index (Phi) is 5.90. The summed E-state index contributed by atoms with van der Waals surface area (Å²) in [5.41, 5.74) is 5.08. The van der Waals surface area contributed by atoms with Crippen LogP contribution in [-0.2, 0) is 15.6 Å². The zero-order chi connectivity index (χ0) is 10.4. The van der Waals surface area contributed by atoms with E-state index in [1.54, 1.807) is 13.2 Å². The van der Waals surface area contributed by atoms with Crippen LogP contribution in [0.5, 0.6) is 0 Å². The summed E-state index contributed by atoms with van der Waals surface area (Å²) >= 11 is 0. The summed E-state index contributed by atoms with van der Waals surface area (Å²) in [4.78, 5) is 10.7. The van der Waals surface area contributed by atoms with Crippen LogP contribution in [0.15, 0.2) is 0 Å². The number of rotatable bonds is 6. The summed E-state index contributed by atoms with van der Waals surface area (Å²) in [7, 11) is -0.800. The van der Waals surface area contributed by atoms with Crippen molar-refractivity contribution in [3.63, 3.8) is 0 Å². The van der Waals surface area contributed by atoms with Crippen molar-refractivity contribution in [2.45, 2.75) is 19.9 Å². The molecule has 0 aliphatic rings. The molecule has 0 aliphatic carbocycles. The maximum Gasteiger partial charge on any atom is 0.221 e. The average molecular weight is 206 g/mol. The van der Waals surface area contributed by atoms with Crippen LogP contribution in [0.25, 0.3) is 0 Å². The Morgan fingerprint density at radius 2 is 2.08 bits per heavy atom. The van der Waals surface area contributed by atoms with E-state index in [9.17, 15) is 9.00 Å². The molecular weight excluding hydrogens is 188 g/mol. The largest absolute Gasteiger partial charge is 0.369 e. The van der Waals surface area contributed by atoms with Crippen LogP contribution < -0.4 is 11.1 Å². The van der Waals surface area contributed by atoms with E-state index in [1.807, 2.05) is 6.92 Å². The highest BCUT2D eigenvalue weighted by molar-refractivity contribution is 7.84. The van der Waals surface area contributed by atoms with Gasteiger partial charge in [-0.05, 0) is 6.92 Å². The normalized spacial score (nSPS) is 17.8. The number of carbonyl (C=O) groups is 1. The van der Waals surface area contributed by atoms with E-state index in [-0.39, 0.29) is 17.9 Å². The molecule has 0 saturated carbocycles. The van der Waals surface area contributed by atoms with Gasteiger partial charge in [-0.1, -0.05) is 6.92 Å². The van der Waals surface area contributed by atoms with Gasteiger partial charge in [0, 0.05) is 41.3 Å². The lowest BCUT2D eigenvalue weighted by Gasteiger charge is -2.14. The van der Waals surface area contributed by atoms with E-state index in [0.29, 0.717) is 12.3 Å². The van der Waals surface area contributed by atoms with E-state index < -0.39 is 10.8 Å². The fraction of sp³-hybridized carbons (Fsp3) is 0.875. The smallest absolute Gasteiger partial charge is 0.221 e. The Morgan fingerprint density at radius 1 is 1.54 bits per heavy atom. The molecule has 13 heavy (non-hydrogen) atoms. The van der Waals surface area contributed by atoms with E-state index >= 15 is 0 Å². The predicted octanol–water partition coefficient (Wildman–Crippen LogP) is -0.536. The van der Waals surface area contributed by atoms with Crippen LogP contribution in [-0.4, -0.2) is 34.7 Å². The first-order chi connectivity index (χ1) is 5.93. The lowest BCUT2D eigenvalue weighted by atomic mass is 10.1. The zero-order valence-corrected chi connectivity index (χ0v) is 9.19. The number of amides is 1. The molecule has 0 heterocycles. The highest BCUT2D eigenvalue weighted by Crippen LogP contribution is 1.92. The Morgan fingerprint density at radius 3 is 2.46 bits per heavy atom. The van der Waals surface area contributed by atoms with Crippen molar-refractivity contribution in [1.82, 2.24) is 5.32 Å². The molecule has 1 amide bonds. The van der Waals surface area contributed by atoms with Gasteiger partial charge in [0.2, 0.25) is 5.91 Å². The van der Waals surface area contributed by atoms with Crippen molar-refractivity contribution in [1.29, 1.82) is 0 Å². The van der Waals surface area contributed by atoms with E-state index in [1.165, 1.54) is 0 Å². The van der Waals surface area contributed by atoms with Crippen LogP contribution in [0.4, 0.5) is 0 Å². The molecule has 3 atom stereocenters. The number of hydrogen-bond acceptors (Lipinski definition) is 3. The Labute approximate surface area is 81.7 Å². The van der Waals surface area contributed by atoms with E-state index in [4.69, 9.17) is 5.73 Å². The van der Waals surface area contributed by atoms with Crippen molar-refractivity contribution < 1.29 is 9.00 Å². The molecule has 0 saturated heterocycles. The topological polar surface area (TPSA) is 72.2 Å². The third kappa shape index (κ3) is 6.72. The van der Waals surface area contributed by atoms with Gasteiger partial charge in [-0.2, -0.15) is 0 Å². The fourth-order valence-electron chi connectivity index (χ4n) is 0.890. The van der Waals surface area contributed by atoms with E-state index in [2.05, 4.69) is 5.32 Å². The second kappa shape index (κ2) is 6.10. The summed E-state index contributed by atoms with van der Waals surface area (Å²) in [5, 5.41) is 3.10. The molecule has 0 aromatic heterocycles. The van der Waals surface area contributed by atoms with Gasteiger partial charge in [0.05, 0.1) is 0 Å². The molecule has 4 nitrogen and oxygen atoms in total. The summed E-state index contributed by atoms with van der Waals surface area (Å²) < 4.78 is 10.8. The summed E-state index contributed by atoms with van der Waals surface area (Å²) in [6.45, 7) is 4.26. The standard InChI is InChI=1S/C8H18N2O2S/c1-6(8(9)11)4-10-7(2)5-13(3)12/h6-7,10H,4-5H2,1-3H3,(H2,9,11). The quantitative estimate of drug-likeness (QED) is 0.613. The van der Waals surface area contributed by atoms with Crippen LogP contribution in [0.1, 0.15) is 13.8 Å². The number of nitrogens with two attached hydrogens (primary N) is 1. The van der Waals surface area contributed by atoms with Gasteiger partial charge in [0.25, 0.3) is 0 Å². The van der Waals surface area contributed by atoms with Crippen LogP contribution in [0.2, 0.25) is 0 Å². The lowest BCUT2D eigenvalue weighted by molar-refractivity contribution is -0.121. The van der Waals surface area contributed by atoms with Crippen molar-refractivity contribution in [2.75, 3.05) is 18.6 Å². The number of hydrogen-bond donors (Lipinski definition) is 2. The molecule has 78 valence electrons. The highest BCUT2D eigenvalue weighted by Gasteiger charge is 2.10. The van der Waals surface area contributed by atoms with Crippen molar-refractivity contribution >= 4 is 16.7 Å². The minimum atomic E-state index is -0.800. The van der Waals surface area contributed by atoms with Gasteiger partial charge in [0.15, 0.2) is 0 Å². The second-order valence-corrected chi connectivity index (χ2v) is 4.83. The van der Waals surface area contributed by atoms with Gasteiger partial charge >= 0.3 is 0 Å². The molecule has 3 N–H and O–H groups in total. The van der Waals surface area contributed by atoms with Gasteiger partial charge < -0.3 is 11.1 Å². The zero-order valence-electron chi connectivity index (χ0n) is 8.37. The Hall–Kier alpha value is -0.420. The molecule has 0 radical (unpaired) electrons. The molecule has 0 aromatic carbocycles. The SMILES string of the molecule is CC(CS(C)=O)NCC(C)C(N)=O.